The Hall–Kier alpha value is -2.46. The molecule has 2 aromatic rings. The first-order valence-electron chi connectivity index (χ1n) is 7.01. The zero-order valence-corrected chi connectivity index (χ0v) is 14.0. The highest BCUT2D eigenvalue weighted by atomic mass is 35.5. The molecule has 1 N–H and O–H groups in total. The molecule has 0 fully saturated rings. The first-order chi connectivity index (χ1) is 11.0. The normalized spacial score (nSPS) is 10.6. The molecule has 0 heterocycles. The number of benzene rings is 2. The molecule has 0 saturated heterocycles. The number of hydrogen-bond donors (Lipinski definition) is 1. The van der Waals surface area contributed by atoms with E-state index in [1.54, 1.807) is 32.4 Å². The molecule has 0 unspecified atom stereocenters. The first-order valence-corrected chi connectivity index (χ1v) is 7.39. The van der Waals surface area contributed by atoms with Gasteiger partial charge in [0.1, 0.15) is 0 Å². The lowest BCUT2D eigenvalue weighted by molar-refractivity contribution is -0.111. The third-order valence-electron chi connectivity index (χ3n) is 3.31. The van der Waals surface area contributed by atoms with Gasteiger partial charge >= 0.3 is 0 Å². The van der Waals surface area contributed by atoms with Crippen molar-refractivity contribution in [1.82, 2.24) is 0 Å². The summed E-state index contributed by atoms with van der Waals surface area (Å²) in [5.74, 6) is 0.929. The largest absolute Gasteiger partial charge is 0.493 e. The lowest BCUT2D eigenvalue weighted by atomic mass is 10.1. The van der Waals surface area contributed by atoms with Gasteiger partial charge < -0.3 is 14.8 Å². The summed E-state index contributed by atoms with van der Waals surface area (Å²) in [5.41, 5.74) is 2.33. The second kappa shape index (κ2) is 7.70. The van der Waals surface area contributed by atoms with Crippen molar-refractivity contribution in [2.75, 3.05) is 19.5 Å². The SMILES string of the molecule is COc1cc(C)c(NC(=O)C=Cc2ccccc2Cl)cc1OC. The minimum absolute atomic E-state index is 0.250. The van der Waals surface area contributed by atoms with E-state index in [0.29, 0.717) is 22.2 Å². The van der Waals surface area contributed by atoms with Gasteiger partial charge in [-0.2, -0.15) is 0 Å². The lowest BCUT2D eigenvalue weighted by Crippen LogP contribution is -2.09. The Labute approximate surface area is 140 Å². The fourth-order valence-corrected chi connectivity index (χ4v) is 2.26. The van der Waals surface area contributed by atoms with Crippen molar-refractivity contribution in [2.45, 2.75) is 6.92 Å². The van der Waals surface area contributed by atoms with Gasteiger partial charge in [0, 0.05) is 22.9 Å². The van der Waals surface area contributed by atoms with Gasteiger partial charge in [-0.3, -0.25) is 4.79 Å². The Morgan fingerprint density at radius 2 is 1.78 bits per heavy atom. The van der Waals surface area contributed by atoms with E-state index in [1.165, 1.54) is 6.08 Å². The van der Waals surface area contributed by atoms with Crippen molar-refractivity contribution in [3.8, 4) is 11.5 Å². The monoisotopic (exact) mass is 331 g/mol. The van der Waals surface area contributed by atoms with Gasteiger partial charge in [-0.25, -0.2) is 0 Å². The van der Waals surface area contributed by atoms with Crippen LogP contribution >= 0.6 is 11.6 Å². The number of hydrogen-bond acceptors (Lipinski definition) is 3. The van der Waals surface area contributed by atoms with Crippen LogP contribution in [0, 0.1) is 6.92 Å². The summed E-state index contributed by atoms with van der Waals surface area (Å²) in [6.45, 7) is 1.88. The van der Waals surface area contributed by atoms with E-state index in [9.17, 15) is 4.79 Å². The molecule has 0 spiro atoms. The topological polar surface area (TPSA) is 47.6 Å². The van der Waals surface area contributed by atoms with Gasteiger partial charge in [-0.15, -0.1) is 0 Å². The molecular weight excluding hydrogens is 314 g/mol. The number of halogens is 1. The lowest BCUT2D eigenvalue weighted by Gasteiger charge is -2.12. The molecule has 0 saturated carbocycles. The summed E-state index contributed by atoms with van der Waals surface area (Å²) in [5, 5.41) is 3.42. The van der Waals surface area contributed by atoms with E-state index in [2.05, 4.69) is 5.32 Å². The highest BCUT2D eigenvalue weighted by Crippen LogP contribution is 2.32. The Balaban J connectivity index is 2.16. The molecule has 0 aliphatic carbocycles. The van der Waals surface area contributed by atoms with Crippen LogP contribution in [0.5, 0.6) is 11.5 Å². The van der Waals surface area contributed by atoms with Crippen LogP contribution in [0.2, 0.25) is 5.02 Å². The average molecular weight is 332 g/mol. The molecule has 5 heteroatoms. The molecule has 1 amide bonds. The maximum atomic E-state index is 12.1. The fourth-order valence-electron chi connectivity index (χ4n) is 2.07. The molecule has 23 heavy (non-hydrogen) atoms. The maximum absolute atomic E-state index is 12.1. The van der Waals surface area contributed by atoms with Crippen molar-refractivity contribution in [3.05, 3.63) is 58.6 Å². The molecule has 0 aromatic heterocycles. The molecule has 120 valence electrons. The molecule has 0 bridgehead atoms. The summed E-state index contributed by atoms with van der Waals surface area (Å²) in [4.78, 5) is 12.1. The molecule has 0 atom stereocenters. The molecule has 0 radical (unpaired) electrons. The summed E-state index contributed by atoms with van der Waals surface area (Å²) >= 11 is 6.05. The van der Waals surface area contributed by atoms with Crippen LogP contribution in [-0.4, -0.2) is 20.1 Å². The predicted octanol–water partition coefficient (Wildman–Crippen LogP) is 4.32. The standard InChI is InChI=1S/C18H18ClNO3/c1-12-10-16(22-2)17(23-3)11-15(12)20-18(21)9-8-13-6-4-5-7-14(13)19/h4-11H,1-3H3,(H,20,21). The number of carbonyl (C=O) groups excluding carboxylic acids is 1. The van der Waals surface area contributed by atoms with E-state index >= 15 is 0 Å². The summed E-state index contributed by atoms with van der Waals surface area (Å²) in [6, 6.07) is 10.9. The molecule has 0 aliphatic heterocycles. The van der Waals surface area contributed by atoms with Gasteiger partial charge in [0.25, 0.3) is 0 Å². The Kier molecular flexibility index (Phi) is 5.66. The van der Waals surface area contributed by atoms with Gasteiger partial charge in [0.2, 0.25) is 5.91 Å². The number of anilines is 1. The van der Waals surface area contributed by atoms with Gasteiger partial charge in [-0.05, 0) is 36.3 Å². The highest BCUT2D eigenvalue weighted by Gasteiger charge is 2.09. The van der Waals surface area contributed by atoms with Crippen LogP contribution in [0.4, 0.5) is 5.69 Å². The third kappa shape index (κ3) is 4.27. The van der Waals surface area contributed by atoms with Gasteiger partial charge in [0.15, 0.2) is 11.5 Å². The molecule has 4 nitrogen and oxygen atoms in total. The second-order valence-electron chi connectivity index (χ2n) is 4.87. The second-order valence-corrected chi connectivity index (χ2v) is 5.27. The number of methoxy groups -OCH3 is 2. The quantitative estimate of drug-likeness (QED) is 0.830. The van der Waals surface area contributed by atoms with E-state index in [4.69, 9.17) is 21.1 Å². The van der Waals surface area contributed by atoms with E-state index in [-0.39, 0.29) is 5.91 Å². The maximum Gasteiger partial charge on any atom is 0.248 e. The summed E-state index contributed by atoms with van der Waals surface area (Å²) < 4.78 is 10.5. The minimum Gasteiger partial charge on any atom is -0.493 e. The summed E-state index contributed by atoms with van der Waals surface area (Å²) in [7, 11) is 3.12. The molecule has 0 aliphatic rings. The smallest absolute Gasteiger partial charge is 0.248 e. The number of carbonyl (C=O) groups is 1. The van der Waals surface area contributed by atoms with Crippen LogP contribution in [0.1, 0.15) is 11.1 Å². The number of ether oxygens (including phenoxy) is 2. The van der Waals surface area contributed by atoms with Crippen molar-refractivity contribution in [2.24, 2.45) is 0 Å². The molecule has 2 aromatic carbocycles. The van der Waals surface area contributed by atoms with Crippen LogP contribution in [0.15, 0.2) is 42.5 Å². The van der Waals surface area contributed by atoms with E-state index < -0.39 is 0 Å². The van der Waals surface area contributed by atoms with Crippen molar-refractivity contribution >= 4 is 29.3 Å². The zero-order chi connectivity index (χ0) is 16.8. The van der Waals surface area contributed by atoms with E-state index in [0.717, 1.165) is 11.1 Å². The number of nitrogens with one attached hydrogen (secondary N) is 1. The third-order valence-corrected chi connectivity index (χ3v) is 3.65. The molecular formula is C18H18ClNO3. The van der Waals surface area contributed by atoms with Crippen molar-refractivity contribution in [1.29, 1.82) is 0 Å². The average Bonchev–Trinajstić information content (AvgIpc) is 2.55. The minimum atomic E-state index is -0.250. The zero-order valence-electron chi connectivity index (χ0n) is 13.2. The van der Waals surface area contributed by atoms with Crippen LogP contribution in [-0.2, 0) is 4.79 Å². The van der Waals surface area contributed by atoms with Crippen LogP contribution < -0.4 is 14.8 Å². The van der Waals surface area contributed by atoms with E-state index in [1.807, 2.05) is 31.2 Å². The Morgan fingerprint density at radius 1 is 1.13 bits per heavy atom. The van der Waals surface area contributed by atoms with Gasteiger partial charge in [0.05, 0.1) is 14.2 Å². The fraction of sp³-hybridized carbons (Fsp3) is 0.167. The number of amides is 1. The number of aryl methyl sites for hydroxylation is 1. The highest BCUT2D eigenvalue weighted by molar-refractivity contribution is 6.32. The van der Waals surface area contributed by atoms with Crippen LogP contribution in [0.25, 0.3) is 6.08 Å². The first kappa shape index (κ1) is 16.9. The predicted molar refractivity (Wildman–Crippen MR) is 93.4 cm³/mol. The van der Waals surface area contributed by atoms with Gasteiger partial charge in [-0.1, -0.05) is 29.8 Å². The summed E-state index contributed by atoms with van der Waals surface area (Å²) in [6.07, 6.45) is 3.12. The van der Waals surface area contributed by atoms with Crippen molar-refractivity contribution in [3.63, 3.8) is 0 Å². The Bertz CT molecular complexity index is 741. The van der Waals surface area contributed by atoms with Crippen LogP contribution in [0.3, 0.4) is 0 Å². The molecule has 2 rings (SSSR count). The Morgan fingerprint density at radius 3 is 2.43 bits per heavy atom. The number of rotatable bonds is 5. The van der Waals surface area contributed by atoms with Crippen molar-refractivity contribution < 1.29 is 14.3 Å².